The molecule has 2 N–H and O–H groups in total. The monoisotopic (exact) mass is 581 g/mol. The molecular weight excluding hydrogens is 562 g/mol. The van der Waals surface area contributed by atoms with Gasteiger partial charge in [-0.1, -0.05) is 35.9 Å². The Hall–Kier alpha value is -3.41. The lowest BCUT2D eigenvalue weighted by atomic mass is 10.1. The van der Waals surface area contributed by atoms with Crippen molar-refractivity contribution in [3.63, 3.8) is 0 Å². The topological polar surface area (TPSA) is 91.2 Å². The Bertz CT molecular complexity index is 1280. The van der Waals surface area contributed by atoms with Crippen molar-refractivity contribution in [2.45, 2.75) is 13.8 Å². The molecular formula is C26H21Br2N3O3. The van der Waals surface area contributed by atoms with E-state index >= 15 is 0 Å². The quantitative estimate of drug-likeness (QED) is 0.249. The third-order valence-electron chi connectivity index (χ3n) is 4.73. The standard InChI is InChI=1S/C26H21Br2N3O3/c1-16-8-9-23(17(2)10-16)31-26(33)19(14-29)11-18-12-21(27)25(22(28)13-18)34-15-24(32)30-20-6-4-3-5-7-20/h3-13H,15H2,1-2H3,(H,30,32)(H,31,33)/b19-11+. The Balaban J connectivity index is 1.71. The summed E-state index contributed by atoms with van der Waals surface area (Å²) in [6.45, 7) is 3.67. The lowest BCUT2D eigenvalue weighted by molar-refractivity contribution is -0.118. The molecule has 0 atom stereocenters. The first-order valence-electron chi connectivity index (χ1n) is 10.2. The smallest absolute Gasteiger partial charge is 0.266 e. The molecule has 3 aromatic carbocycles. The van der Waals surface area contributed by atoms with Gasteiger partial charge in [-0.15, -0.1) is 0 Å². The van der Waals surface area contributed by atoms with Crippen molar-refractivity contribution in [1.82, 2.24) is 0 Å². The van der Waals surface area contributed by atoms with E-state index in [1.165, 1.54) is 6.08 Å². The fraction of sp³-hybridized carbons (Fsp3) is 0.115. The molecule has 0 saturated carbocycles. The summed E-state index contributed by atoms with van der Waals surface area (Å²) in [5.41, 5.74) is 3.88. The van der Waals surface area contributed by atoms with Crippen LogP contribution in [-0.2, 0) is 9.59 Å². The Morgan fingerprint density at radius 2 is 1.68 bits per heavy atom. The lowest BCUT2D eigenvalue weighted by Crippen LogP contribution is -2.20. The molecule has 172 valence electrons. The fourth-order valence-electron chi connectivity index (χ4n) is 3.12. The predicted octanol–water partition coefficient (Wildman–Crippen LogP) is 6.39. The number of rotatable bonds is 7. The molecule has 0 aliphatic rings. The lowest BCUT2D eigenvalue weighted by Gasteiger charge is -2.12. The molecule has 0 saturated heterocycles. The van der Waals surface area contributed by atoms with Crippen LogP contribution in [0.5, 0.6) is 5.75 Å². The largest absolute Gasteiger partial charge is 0.481 e. The number of hydrogen-bond acceptors (Lipinski definition) is 4. The van der Waals surface area contributed by atoms with Crippen LogP contribution in [0, 0.1) is 25.2 Å². The van der Waals surface area contributed by atoms with Gasteiger partial charge in [-0.05, 0) is 93.2 Å². The molecule has 3 rings (SSSR count). The van der Waals surface area contributed by atoms with Crippen molar-refractivity contribution in [1.29, 1.82) is 5.26 Å². The van der Waals surface area contributed by atoms with E-state index in [4.69, 9.17) is 4.74 Å². The number of aryl methyl sites for hydroxylation is 2. The molecule has 0 aromatic heterocycles. The maximum atomic E-state index is 12.7. The zero-order valence-corrected chi connectivity index (χ0v) is 21.7. The number of nitrogens with one attached hydrogen (secondary N) is 2. The second-order valence-corrected chi connectivity index (χ2v) is 9.17. The van der Waals surface area contributed by atoms with Crippen LogP contribution in [0.25, 0.3) is 6.08 Å². The number of anilines is 2. The molecule has 0 heterocycles. The zero-order valence-electron chi connectivity index (χ0n) is 18.5. The summed E-state index contributed by atoms with van der Waals surface area (Å²) in [6.07, 6.45) is 1.49. The summed E-state index contributed by atoms with van der Waals surface area (Å²) in [6, 6.07) is 20.1. The second-order valence-electron chi connectivity index (χ2n) is 7.46. The van der Waals surface area contributed by atoms with Gasteiger partial charge in [0.2, 0.25) is 0 Å². The van der Waals surface area contributed by atoms with Crippen LogP contribution in [0.15, 0.2) is 75.2 Å². The van der Waals surface area contributed by atoms with E-state index in [-0.39, 0.29) is 18.1 Å². The number of benzene rings is 3. The first-order valence-corrected chi connectivity index (χ1v) is 11.8. The zero-order chi connectivity index (χ0) is 24.7. The Morgan fingerprint density at radius 3 is 2.29 bits per heavy atom. The van der Waals surface area contributed by atoms with Crippen molar-refractivity contribution in [3.8, 4) is 11.8 Å². The third kappa shape index (κ3) is 6.80. The summed E-state index contributed by atoms with van der Waals surface area (Å²) in [5.74, 6) is -0.373. The maximum Gasteiger partial charge on any atom is 0.266 e. The maximum absolute atomic E-state index is 12.7. The number of carbonyl (C=O) groups is 2. The van der Waals surface area contributed by atoms with Gasteiger partial charge in [0.1, 0.15) is 17.4 Å². The summed E-state index contributed by atoms with van der Waals surface area (Å²) >= 11 is 6.87. The van der Waals surface area contributed by atoms with Crippen LogP contribution < -0.4 is 15.4 Å². The molecule has 0 aliphatic carbocycles. The third-order valence-corrected chi connectivity index (χ3v) is 5.91. The van der Waals surface area contributed by atoms with Crippen molar-refractivity contribution >= 4 is 61.1 Å². The Labute approximate surface area is 214 Å². The van der Waals surface area contributed by atoms with Gasteiger partial charge < -0.3 is 15.4 Å². The van der Waals surface area contributed by atoms with E-state index in [1.807, 2.05) is 56.3 Å². The second kappa shape index (κ2) is 11.6. The van der Waals surface area contributed by atoms with Gasteiger partial charge in [0.15, 0.2) is 6.61 Å². The van der Waals surface area contributed by atoms with Crippen LogP contribution >= 0.6 is 31.9 Å². The van der Waals surface area contributed by atoms with Crippen LogP contribution in [0.2, 0.25) is 0 Å². The van der Waals surface area contributed by atoms with Gasteiger partial charge in [0, 0.05) is 11.4 Å². The van der Waals surface area contributed by atoms with E-state index in [0.29, 0.717) is 31.6 Å². The molecule has 0 aliphatic heterocycles. The van der Waals surface area contributed by atoms with Gasteiger partial charge in [-0.25, -0.2) is 0 Å². The summed E-state index contributed by atoms with van der Waals surface area (Å²) in [4.78, 5) is 24.8. The number of nitriles is 1. The highest BCUT2D eigenvalue weighted by atomic mass is 79.9. The summed E-state index contributed by atoms with van der Waals surface area (Å²) in [5, 5.41) is 15.1. The van der Waals surface area contributed by atoms with Gasteiger partial charge in [0.05, 0.1) is 8.95 Å². The molecule has 0 radical (unpaired) electrons. The molecule has 34 heavy (non-hydrogen) atoms. The van der Waals surface area contributed by atoms with Crippen LogP contribution in [0.4, 0.5) is 11.4 Å². The number of ether oxygens (including phenoxy) is 1. The summed E-state index contributed by atoms with van der Waals surface area (Å²) < 4.78 is 6.79. The van der Waals surface area contributed by atoms with Crippen molar-refractivity contribution < 1.29 is 14.3 Å². The van der Waals surface area contributed by atoms with E-state index < -0.39 is 5.91 Å². The highest BCUT2D eigenvalue weighted by molar-refractivity contribution is 9.11. The van der Waals surface area contributed by atoms with Crippen molar-refractivity contribution in [2.75, 3.05) is 17.2 Å². The molecule has 6 nitrogen and oxygen atoms in total. The van der Waals surface area contributed by atoms with Crippen LogP contribution in [-0.4, -0.2) is 18.4 Å². The molecule has 8 heteroatoms. The number of hydrogen-bond donors (Lipinski definition) is 2. The fourth-order valence-corrected chi connectivity index (χ4v) is 4.57. The van der Waals surface area contributed by atoms with E-state index in [9.17, 15) is 14.9 Å². The minimum absolute atomic E-state index is 0.0466. The van der Waals surface area contributed by atoms with Crippen molar-refractivity contribution in [2.24, 2.45) is 0 Å². The predicted molar refractivity (Wildman–Crippen MR) is 141 cm³/mol. The summed E-state index contributed by atoms with van der Waals surface area (Å²) in [7, 11) is 0. The van der Waals surface area contributed by atoms with Gasteiger partial charge in [-0.3, -0.25) is 9.59 Å². The number of nitrogens with zero attached hydrogens (tertiary/aromatic N) is 1. The Kier molecular flexibility index (Phi) is 8.63. The number of carbonyl (C=O) groups excluding carboxylic acids is 2. The van der Waals surface area contributed by atoms with Crippen LogP contribution in [0.1, 0.15) is 16.7 Å². The van der Waals surface area contributed by atoms with Gasteiger partial charge in [0.25, 0.3) is 11.8 Å². The average molecular weight is 583 g/mol. The number of para-hydroxylation sites is 1. The molecule has 0 bridgehead atoms. The minimum Gasteiger partial charge on any atom is -0.481 e. The SMILES string of the molecule is Cc1ccc(NC(=O)/C(C#N)=C/c2cc(Br)c(OCC(=O)Nc3ccccc3)c(Br)c2)c(C)c1. The van der Waals surface area contributed by atoms with Gasteiger partial charge >= 0.3 is 0 Å². The molecule has 0 spiro atoms. The van der Waals surface area contributed by atoms with E-state index in [2.05, 4.69) is 42.5 Å². The van der Waals surface area contributed by atoms with E-state index in [1.54, 1.807) is 24.3 Å². The molecule has 3 aromatic rings. The van der Waals surface area contributed by atoms with Crippen LogP contribution in [0.3, 0.4) is 0 Å². The van der Waals surface area contributed by atoms with Gasteiger partial charge in [-0.2, -0.15) is 5.26 Å². The van der Waals surface area contributed by atoms with Crippen molar-refractivity contribution in [3.05, 3.63) is 91.9 Å². The number of amides is 2. The Morgan fingerprint density at radius 1 is 1.00 bits per heavy atom. The molecule has 0 fully saturated rings. The average Bonchev–Trinajstić information content (AvgIpc) is 2.79. The normalized spacial score (nSPS) is 10.9. The number of halogens is 2. The first-order chi connectivity index (χ1) is 16.3. The minimum atomic E-state index is -0.500. The molecule has 2 amide bonds. The first kappa shape index (κ1) is 25.2. The highest BCUT2D eigenvalue weighted by Gasteiger charge is 2.14. The highest BCUT2D eigenvalue weighted by Crippen LogP contribution is 2.35. The van der Waals surface area contributed by atoms with E-state index in [0.717, 1.165) is 11.1 Å². The molecule has 0 unspecified atom stereocenters.